The number of hydrogen-bond donors (Lipinski definition) is 1. The highest BCUT2D eigenvalue weighted by atomic mass is 35.5. The largest absolute Gasteiger partial charge is 0.490 e. The van der Waals surface area contributed by atoms with Crippen LogP contribution in [0, 0.1) is 20.2 Å². The van der Waals surface area contributed by atoms with Gasteiger partial charge in [-0.3, -0.25) is 25.0 Å². The molecular formula is C25H22Cl2N4O8. The third-order valence-corrected chi connectivity index (χ3v) is 5.49. The van der Waals surface area contributed by atoms with E-state index in [2.05, 4.69) is 10.5 Å². The lowest BCUT2D eigenvalue weighted by atomic mass is 10.2. The van der Waals surface area contributed by atoms with Crippen LogP contribution in [0.1, 0.15) is 36.2 Å². The summed E-state index contributed by atoms with van der Waals surface area (Å²) in [5.74, 6) is 0.0668. The Bertz CT molecular complexity index is 1410. The van der Waals surface area contributed by atoms with Crippen molar-refractivity contribution >= 4 is 46.7 Å². The smallest absolute Gasteiger partial charge is 0.318 e. The van der Waals surface area contributed by atoms with Crippen molar-refractivity contribution in [3.05, 3.63) is 89.9 Å². The Morgan fingerprint density at radius 3 is 2.26 bits per heavy atom. The summed E-state index contributed by atoms with van der Waals surface area (Å²) in [7, 11) is 0. The van der Waals surface area contributed by atoms with Crippen LogP contribution in [0.4, 0.5) is 11.4 Å². The van der Waals surface area contributed by atoms with E-state index in [0.717, 1.165) is 24.6 Å². The summed E-state index contributed by atoms with van der Waals surface area (Å²) >= 11 is 12.5. The molecule has 0 saturated carbocycles. The second-order valence-corrected chi connectivity index (χ2v) is 8.54. The molecule has 0 spiro atoms. The maximum absolute atomic E-state index is 12.6. The quantitative estimate of drug-likeness (QED) is 0.144. The molecule has 0 unspecified atom stereocenters. The number of hydrogen-bond acceptors (Lipinski definition) is 9. The second kappa shape index (κ2) is 13.4. The highest BCUT2D eigenvalue weighted by Crippen LogP contribution is 2.41. The summed E-state index contributed by atoms with van der Waals surface area (Å²) in [6.07, 6.45) is 2.11. The third-order valence-electron chi connectivity index (χ3n) is 4.93. The zero-order valence-electron chi connectivity index (χ0n) is 20.7. The van der Waals surface area contributed by atoms with Gasteiger partial charge in [-0.15, -0.1) is 0 Å². The highest BCUT2D eigenvalue weighted by molar-refractivity contribution is 6.37. The molecule has 1 amide bonds. The molecule has 204 valence electrons. The minimum absolute atomic E-state index is 0.0213. The van der Waals surface area contributed by atoms with Gasteiger partial charge in [0.1, 0.15) is 0 Å². The van der Waals surface area contributed by atoms with E-state index < -0.39 is 27.1 Å². The Morgan fingerprint density at radius 2 is 1.64 bits per heavy atom. The molecule has 39 heavy (non-hydrogen) atoms. The van der Waals surface area contributed by atoms with Gasteiger partial charge in [0.05, 0.1) is 45.4 Å². The summed E-state index contributed by atoms with van der Waals surface area (Å²) in [5.41, 5.74) is 1.96. The van der Waals surface area contributed by atoms with Gasteiger partial charge in [-0.2, -0.15) is 5.10 Å². The zero-order chi connectivity index (χ0) is 28.5. The summed E-state index contributed by atoms with van der Waals surface area (Å²) in [6, 6.07) is 10.5. The standard InChI is InChI=1S/C25H22Cl2N4O8/c1-3-9-38-22-7-5-16(12-23(22)37-4-2)25(32)29-28-14-15-10-18(26)24(19(27)11-15)39-21-8-6-17(30(33)34)13-20(21)31(35)36/h5-8,10-14H,3-4,9H2,1-2H3,(H,29,32)/b28-14+. The molecule has 0 aliphatic carbocycles. The van der Waals surface area contributed by atoms with Crippen LogP contribution < -0.4 is 19.6 Å². The number of carbonyl (C=O) groups excluding carboxylic acids is 1. The number of rotatable bonds is 12. The molecule has 0 radical (unpaired) electrons. The fourth-order valence-corrected chi connectivity index (χ4v) is 3.77. The van der Waals surface area contributed by atoms with E-state index in [1.54, 1.807) is 18.2 Å². The van der Waals surface area contributed by atoms with Crippen molar-refractivity contribution < 1.29 is 28.9 Å². The van der Waals surface area contributed by atoms with Crippen molar-refractivity contribution in [2.75, 3.05) is 13.2 Å². The van der Waals surface area contributed by atoms with Gasteiger partial charge in [0.2, 0.25) is 5.75 Å². The van der Waals surface area contributed by atoms with Crippen molar-refractivity contribution in [2.24, 2.45) is 5.10 Å². The molecule has 0 bridgehead atoms. The van der Waals surface area contributed by atoms with Crippen LogP contribution in [0.3, 0.4) is 0 Å². The Morgan fingerprint density at radius 1 is 0.949 bits per heavy atom. The maximum atomic E-state index is 12.6. The van der Waals surface area contributed by atoms with Crippen LogP contribution in [-0.4, -0.2) is 35.2 Å². The normalized spacial score (nSPS) is 10.8. The number of nitro groups is 2. The Labute approximate surface area is 232 Å². The number of nitro benzene ring substituents is 2. The molecule has 1 N–H and O–H groups in total. The maximum Gasteiger partial charge on any atom is 0.318 e. The van der Waals surface area contributed by atoms with Crippen molar-refractivity contribution in [3.63, 3.8) is 0 Å². The van der Waals surface area contributed by atoms with Gasteiger partial charge in [0.15, 0.2) is 17.2 Å². The van der Waals surface area contributed by atoms with Crippen LogP contribution in [-0.2, 0) is 0 Å². The van der Waals surface area contributed by atoms with Gasteiger partial charge < -0.3 is 14.2 Å². The lowest BCUT2D eigenvalue weighted by molar-refractivity contribution is -0.394. The molecule has 0 atom stereocenters. The number of nitrogens with zero attached hydrogens (tertiary/aromatic N) is 3. The van der Waals surface area contributed by atoms with E-state index in [1.165, 1.54) is 18.3 Å². The Balaban J connectivity index is 1.75. The Kier molecular flexibility index (Phi) is 10.0. The topological polar surface area (TPSA) is 155 Å². The van der Waals surface area contributed by atoms with Crippen molar-refractivity contribution in [3.8, 4) is 23.0 Å². The molecule has 0 saturated heterocycles. The van der Waals surface area contributed by atoms with Gasteiger partial charge >= 0.3 is 5.69 Å². The fourth-order valence-electron chi connectivity index (χ4n) is 3.19. The fraction of sp³-hybridized carbons (Fsp3) is 0.200. The molecule has 14 heteroatoms. The van der Waals surface area contributed by atoms with Gasteiger partial charge in [-0.05, 0) is 55.3 Å². The monoisotopic (exact) mass is 576 g/mol. The van der Waals surface area contributed by atoms with Crippen molar-refractivity contribution in [1.29, 1.82) is 0 Å². The number of halogens is 2. The molecule has 3 rings (SSSR count). The van der Waals surface area contributed by atoms with Crippen LogP contribution >= 0.6 is 23.2 Å². The number of hydrazone groups is 1. The first-order chi connectivity index (χ1) is 18.6. The van der Waals surface area contributed by atoms with Crippen LogP contribution in [0.15, 0.2) is 53.6 Å². The zero-order valence-corrected chi connectivity index (χ0v) is 22.2. The molecule has 3 aromatic rings. The van der Waals surface area contributed by atoms with E-state index >= 15 is 0 Å². The van der Waals surface area contributed by atoms with Crippen LogP contribution in [0.2, 0.25) is 10.0 Å². The van der Waals surface area contributed by atoms with Crippen LogP contribution in [0.5, 0.6) is 23.0 Å². The molecule has 0 aliphatic rings. The van der Waals surface area contributed by atoms with Crippen LogP contribution in [0.25, 0.3) is 0 Å². The average Bonchev–Trinajstić information content (AvgIpc) is 2.90. The molecule has 0 fully saturated rings. The number of benzene rings is 3. The van der Waals surface area contributed by atoms with E-state index in [1.807, 2.05) is 13.8 Å². The summed E-state index contributed by atoms with van der Waals surface area (Å²) in [5, 5.41) is 26.2. The van der Waals surface area contributed by atoms with E-state index in [-0.39, 0.29) is 21.5 Å². The first kappa shape index (κ1) is 29.1. The molecule has 0 aliphatic heterocycles. The van der Waals surface area contributed by atoms with E-state index in [0.29, 0.717) is 35.8 Å². The van der Waals surface area contributed by atoms with Crippen molar-refractivity contribution in [1.82, 2.24) is 5.43 Å². The highest BCUT2D eigenvalue weighted by Gasteiger charge is 2.23. The number of nitrogens with one attached hydrogen (secondary N) is 1. The second-order valence-electron chi connectivity index (χ2n) is 7.72. The minimum Gasteiger partial charge on any atom is -0.490 e. The number of amides is 1. The molecule has 0 heterocycles. The number of non-ortho nitro benzene ring substituents is 1. The van der Waals surface area contributed by atoms with Gasteiger partial charge in [-0.1, -0.05) is 30.1 Å². The van der Waals surface area contributed by atoms with E-state index in [9.17, 15) is 25.0 Å². The summed E-state index contributed by atoms with van der Waals surface area (Å²) in [4.78, 5) is 33.3. The summed E-state index contributed by atoms with van der Waals surface area (Å²) in [6.45, 7) is 4.70. The first-order valence-electron chi connectivity index (χ1n) is 11.5. The van der Waals surface area contributed by atoms with Gasteiger partial charge in [0, 0.05) is 11.6 Å². The lowest BCUT2D eigenvalue weighted by Crippen LogP contribution is -2.17. The van der Waals surface area contributed by atoms with Gasteiger partial charge in [0.25, 0.3) is 11.6 Å². The van der Waals surface area contributed by atoms with E-state index in [4.69, 9.17) is 37.4 Å². The predicted molar refractivity (Wildman–Crippen MR) is 145 cm³/mol. The average molecular weight is 577 g/mol. The SMILES string of the molecule is CCCOc1ccc(C(=O)N/N=C/c2cc(Cl)c(Oc3ccc([N+](=O)[O-])cc3[N+](=O)[O-])c(Cl)c2)cc1OCC. The minimum atomic E-state index is -0.822. The molecular weight excluding hydrogens is 555 g/mol. The molecule has 0 aromatic heterocycles. The number of ether oxygens (including phenoxy) is 3. The third kappa shape index (κ3) is 7.55. The first-order valence-corrected chi connectivity index (χ1v) is 12.2. The molecule has 12 nitrogen and oxygen atoms in total. The van der Waals surface area contributed by atoms with Crippen molar-refractivity contribution in [2.45, 2.75) is 20.3 Å². The summed E-state index contributed by atoms with van der Waals surface area (Å²) < 4.78 is 16.7. The van der Waals surface area contributed by atoms with Gasteiger partial charge in [-0.25, -0.2) is 5.43 Å². The Hall–Kier alpha value is -4.42. The predicted octanol–water partition coefficient (Wildman–Crippen LogP) is 6.55. The molecule has 3 aromatic carbocycles. The lowest BCUT2D eigenvalue weighted by Gasteiger charge is -2.12. The number of carbonyl (C=O) groups is 1.